The summed E-state index contributed by atoms with van der Waals surface area (Å²) in [6, 6.07) is 0. The number of aromatic nitrogens is 2. The van der Waals surface area contributed by atoms with E-state index in [4.69, 9.17) is 11.5 Å². The second-order valence-electron chi connectivity index (χ2n) is 5.83. The Balaban J connectivity index is 2.52. The van der Waals surface area contributed by atoms with Crippen LogP contribution in [-0.2, 0) is 0 Å². The third-order valence-corrected chi connectivity index (χ3v) is 4.08. The maximum atomic E-state index is 6.05. The maximum Gasteiger partial charge on any atom is 0.168 e. The lowest BCUT2D eigenvalue weighted by atomic mass is 9.91. The first-order valence-corrected chi connectivity index (χ1v) is 8.29. The molecule has 1 aromatic rings. The van der Waals surface area contributed by atoms with E-state index in [9.17, 15) is 0 Å². The van der Waals surface area contributed by atoms with Gasteiger partial charge in [-0.25, -0.2) is 0 Å². The van der Waals surface area contributed by atoms with Crippen molar-refractivity contribution in [3.8, 4) is 0 Å². The number of anilines is 2. The standard InChI is InChI=1S/C16H32N4/c1-3-5-7-9-11-13(12-10-8-6-4-2)15-14(17)16(18)20-19-15/h13H,3-12,17H2,1-2H3,(H3,18,19,20). The second kappa shape index (κ2) is 9.67. The van der Waals surface area contributed by atoms with Gasteiger partial charge in [-0.2, -0.15) is 5.10 Å². The Morgan fingerprint density at radius 3 is 1.85 bits per heavy atom. The second-order valence-corrected chi connectivity index (χ2v) is 5.83. The normalized spacial score (nSPS) is 11.3. The number of nitrogens with two attached hydrogens (primary N) is 2. The van der Waals surface area contributed by atoms with E-state index in [1.807, 2.05) is 0 Å². The molecule has 0 aromatic carbocycles. The zero-order valence-electron chi connectivity index (χ0n) is 13.3. The minimum absolute atomic E-state index is 0.451. The first-order chi connectivity index (χ1) is 9.70. The summed E-state index contributed by atoms with van der Waals surface area (Å²) in [6.07, 6.45) is 12.7. The number of aromatic amines is 1. The summed E-state index contributed by atoms with van der Waals surface area (Å²) in [5.41, 5.74) is 13.5. The molecule has 0 saturated carbocycles. The molecule has 20 heavy (non-hydrogen) atoms. The lowest BCUT2D eigenvalue weighted by Crippen LogP contribution is -2.04. The number of hydrogen-bond donors (Lipinski definition) is 3. The lowest BCUT2D eigenvalue weighted by Gasteiger charge is -2.16. The summed E-state index contributed by atoms with van der Waals surface area (Å²) in [7, 11) is 0. The molecule has 0 amide bonds. The molecular formula is C16H32N4. The predicted octanol–water partition coefficient (Wildman–Crippen LogP) is 4.60. The molecule has 1 rings (SSSR count). The van der Waals surface area contributed by atoms with E-state index in [1.54, 1.807) is 0 Å². The van der Waals surface area contributed by atoms with Crippen LogP contribution in [0, 0.1) is 0 Å². The zero-order chi connectivity index (χ0) is 14.8. The Bertz CT molecular complexity index is 347. The summed E-state index contributed by atoms with van der Waals surface area (Å²) in [4.78, 5) is 0. The van der Waals surface area contributed by atoms with Gasteiger partial charge in [0.25, 0.3) is 0 Å². The molecule has 116 valence electrons. The van der Waals surface area contributed by atoms with Gasteiger partial charge in [-0.3, -0.25) is 5.10 Å². The van der Waals surface area contributed by atoms with Crippen molar-refractivity contribution < 1.29 is 0 Å². The molecule has 0 radical (unpaired) electrons. The molecule has 5 N–H and O–H groups in total. The number of nitrogen functional groups attached to an aromatic ring is 2. The minimum atomic E-state index is 0.451. The fourth-order valence-electron chi connectivity index (χ4n) is 2.76. The van der Waals surface area contributed by atoms with Crippen LogP contribution in [0.3, 0.4) is 0 Å². The summed E-state index contributed by atoms with van der Waals surface area (Å²) >= 11 is 0. The Hall–Kier alpha value is -1.19. The van der Waals surface area contributed by atoms with Crippen LogP contribution in [0.25, 0.3) is 0 Å². The molecule has 0 fully saturated rings. The molecule has 1 heterocycles. The molecule has 0 aliphatic heterocycles. The van der Waals surface area contributed by atoms with E-state index >= 15 is 0 Å². The fourth-order valence-corrected chi connectivity index (χ4v) is 2.76. The largest absolute Gasteiger partial charge is 0.394 e. The average molecular weight is 280 g/mol. The van der Waals surface area contributed by atoms with Crippen LogP contribution in [0.15, 0.2) is 0 Å². The number of nitrogens with one attached hydrogen (secondary N) is 1. The SMILES string of the molecule is CCCCCCC(CCCCCC)c1[nH]nc(N)c1N. The zero-order valence-corrected chi connectivity index (χ0v) is 13.3. The van der Waals surface area contributed by atoms with E-state index < -0.39 is 0 Å². The lowest BCUT2D eigenvalue weighted by molar-refractivity contribution is 0.489. The van der Waals surface area contributed by atoms with Gasteiger partial charge in [-0.1, -0.05) is 65.2 Å². The Labute approximate surface area is 123 Å². The van der Waals surface area contributed by atoms with E-state index in [0.717, 1.165) is 5.69 Å². The Morgan fingerprint density at radius 1 is 0.900 bits per heavy atom. The molecule has 4 heteroatoms. The predicted molar refractivity (Wildman–Crippen MR) is 87.7 cm³/mol. The minimum Gasteiger partial charge on any atom is -0.394 e. The van der Waals surface area contributed by atoms with Crippen LogP contribution in [0.2, 0.25) is 0 Å². The van der Waals surface area contributed by atoms with Crippen LogP contribution in [0.4, 0.5) is 11.5 Å². The van der Waals surface area contributed by atoms with Gasteiger partial charge < -0.3 is 11.5 Å². The van der Waals surface area contributed by atoms with Crippen LogP contribution in [0.1, 0.15) is 89.7 Å². The van der Waals surface area contributed by atoms with Crippen LogP contribution >= 0.6 is 0 Å². The molecule has 4 nitrogen and oxygen atoms in total. The van der Waals surface area contributed by atoms with Gasteiger partial charge in [0.05, 0.1) is 11.4 Å². The van der Waals surface area contributed by atoms with Gasteiger partial charge in [-0.15, -0.1) is 0 Å². The van der Waals surface area contributed by atoms with Crippen molar-refractivity contribution in [3.05, 3.63) is 5.69 Å². The van der Waals surface area contributed by atoms with Crippen LogP contribution < -0.4 is 11.5 Å². The van der Waals surface area contributed by atoms with Gasteiger partial charge in [0.1, 0.15) is 0 Å². The van der Waals surface area contributed by atoms with Gasteiger partial charge in [0.15, 0.2) is 5.82 Å². The van der Waals surface area contributed by atoms with Crippen molar-refractivity contribution in [2.45, 2.75) is 84.0 Å². The molecule has 0 spiro atoms. The highest BCUT2D eigenvalue weighted by molar-refractivity contribution is 5.62. The summed E-state index contributed by atoms with van der Waals surface area (Å²) in [6.45, 7) is 4.49. The first-order valence-electron chi connectivity index (χ1n) is 8.29. The summed E-state index contributed by atoms with van der Waals surface area (Å²) in [5.74, 6) is 0.945. The van der Waals surface area contributed by atoms with E-state index in [1.165, 1.54) is 64.2 Å². The number of rotatable bonds is 11. The number of hydrogen-bond acceptors (Lipinski definition) is 3. The summed E-state index contributed by atoms with van der Waals surface area (Å²) in [5, 5.41) is 7.11. The van der Waals surface area contributed by atoms with E-state index in [2.05, 4.69) is 24.0 Å². The molecule has 0 aliphatic carbocycles. The van der Waals surface area contributed by atoms with Gasteiger partial charge in [0.2, 0.25) is 0 Å². The van der Waals surface area contributed by atoms with Crippen LogP contribution in [0.5, 0.6) is 0 Å². The maximum absolute atomic E-state index is 6.05. The molecule has 0 atom stereocenters. The fraction of sp³-hybridized carbons (Fsp3) is 0.812. The van der Waals surface area contributed by atoms with Crippen molar-refractivity contribution in [1.82, 2.24) is 10.2 Å². The topological polar surface area (TPSA) is 80.7 Å². The molecule has 0 saturated heterocycles. The first kappa shape index (κ1) is 16.9. The van der Waals surface area contributed by atoms with E-state index in [0.29, 0.717) is 17.4 Å². The van der Waals surface area contributed by atoms with Gasteiger partial charge in [-0.05, 0) is 12.8 Å². The molecule has 0 unspecified atom stereocenters. The molecule has 0 bridgehead atoms. The van der Waals surface area contributed by atoms with Gasteiger partial charge in [0, 0.05) is 5.92 Å². The summed E-state index contributed by atoms with van der Waals surface area (Å²) < 4.78 is 0. The molecular weight excluding hydrogens is 248 g/mol. The van der Waals surface area contributed by atoms with Crippen LogP contribution in [-0.4, -0.2) is 10.2 Å². The van der Waals surface area contributed by atoms with Crippen molar-refractivity contribution >= 4 is 11.5 Å². The smallest absolute Gasteiger partial charge is 0.168 e. The quantitative estimate of drug-likeness (QED) is 0.518. The third kappa shape index (κ3) is 5.43. The monoisotopic (exact) mass is 280 g/mol. The Kier molecular flexibility index (Phi) is 8.16. The van der Waals surface area contributed by atoms with Crippen molar-refractivity contribution in [3.63, 3.8) is 0 Å². The number of unbranched alkanes of at least 4 members (excludes halogenated alkanes) is 6. The Morgan fingerprint density at radius 2 is 1.45 bits per heavy atom. The highest BCUT2D eigenvalue weighted by Crippen LogP contribution is 2.32. The number of nitrogens with zero attached hydrogens (tertiary/aromatic N) is 1. The van der Waals surface area contributed by atoms with Gasteiger partial charge >= 0.3 is 0 Å². The van der Waals surface area contributed by atoms with E-state index in [-0.39, 0.29) is 0 Å². The molecule has 1 aromatic heterocycles. The third-order valence-electron chi connectivity index (χ3n) is 4.08. The molecule has 0 aliphatic rings. The van der Waals surface area contributed by atoms with Crippen molar-refractivity contribution in [1.29, 1.82) is 0 Å². The van der Waals surface area contributed by atoms with Crippen molar-refractivity contribution in [2.24, 2.45) is 0 Å². The average Bonchev–Trinajstić information content (AvgIpc) is 2.78. The number of H-pyrrole nitrogens is 1. The highest BCUT2D eigenvalue weighted by atomic mass is 15.2. The van der Waals surface area contributed by atoms with Crippen molar-refractivity contribution in [2.75, 3.05) is 11.5 Å². The highest BCUT2D eigenvalue weighted by Gasteiger charge is 2.18.